The summed E-state index contributed by atoms with van der Waals surface area (Å²) < 4.78 is 0. The van der Waals surface area contributed by atoms with Crippen LogP contribution in [0.15, 0.2) is 60.7 Å². The average molecular weight is 298 g/mol. The van der Waals surface area contributed by atoms with Gasteiger partial charge in [-0.2, -0.15) is 0 Å². The molecule has 0 saturated heterocycles. The van der Waals surface area contributed by atoms with Gasteiger partial charge >= 0.3 is 0 Å². The smallest absolute Gasteiger partial charge is 0.237 e. The molecule has 0 radical (unpaired) electrons. The van der Waals surface area contributed by atoms with E-state index in [1.807, 2.05) is 60.7 Å². The molecule has 4 heteroatoms. The highest BCUT2D eigenvalue weighted by molar-refractivity contribution is 5.81. The summed E-state index contributed by atoms with van der Waals surface area (Å²) >= 11 is 0. The van der Waals surface area contributed by atoms with E-state index in [1.165, 1.54) is 0 Å². The van der Waals surface area contributed by atoms with Crippen LogP contribution in [0.5, 0.6) is 0 Å². The van der Waals surface area contributed by atoms with Crippen LogP contribution in [0.1, 0.15) is 11.1 Å². The SMILES string of the molecule is N[C@@H](Cc1ccccc1)C(=O)NCC(O)Cc1ccccc1. The molecule has 0 spiro atoms. The first kappa shape index (κ1) is 16.2. The lowest BCUT2D eigenvalue weighted by Crippen LogP contribution is -2.44. The molecule has 1 unspecified atom stereocenters. The van der Waals surface area contributed by atoms with Crippen molar-refractivity contribution in [2.24, 2.45) is 5.73 Å². The first-order valence-corrected chi connectivity index (χ1v) is 7.44. The van der Waals surface area contributed by atoms with E-state index in [0.717, 1.165) is 11.1 Å². The Balaban J connectivity index is 1.74. The van der Waals surface area contributed by atoms with Gasteiger partial charge in [0.2, 0.25) is 5.91 Å². The molecule has 0 fully saturated rings. The van der Waals surface area contributed by atoms with Gasteiger partial charge in [0, 0.05) is 13.0 Å². The van der Waals surface area contributed by atoms with Crippen LogP contribution >= 0.6 is 0 Å². The summed E-state index contributed by atoms with van der Waals surface area (Å²) in [6.45, 7) is 0.205. The highest BCUT2D eigenvalue weighted by Crippen LogP contribution is 2.04. The van der Waals surface area contributed by atoms with Crippen molar-refractivity contribution in [2.75, 3.05) is 6.54 Å². The molecule has 1 amide bonds. The summed E-state index contributed by atoms with van der Waals surface area (Å²) in [5.74, 6) is -0.240. The molecule has 4 nitrogen and oxygen atoms in total. The molecule has 0 saturated carbocycles. The van der Waals surface area contributed by atoms with Gasteiger partial charge in [0.25, 0.3) is 0 Å². The second-order valence-electron chi connectivity index (χ2n) is 5.38. The normalized spacial score (nSPS) is 13.4. The second-order valence-corrected chi connectivity index (χ2v) is 5.38. The molecule has 0 aliphatic heterocycles. The molecule has 2 aromatic rings. The highest BCUT2D eigenvalue weighted by Gasteiger charge is 2.15. The van der Waals surface area contributed by atoms with Crippen molar-refractivity contribution in [3.05, 3.63) is 71.8 Å². The molecule has 0 aromatic heterocycles. The van der Waals surface area contributed by atoms with Gasteiger partial charge in [-0.25, -0.2) is 0 Å². The van der Waals surface area contributed by atoms with Crippen LogP contribution in [-0.2, 0) is 17.6 Å². The Bertz CT molecular complexity index is 572. The zero-order valence-corrected chi connectivity index (χ0v) is 12.5. The van der Waals surface area contributed by atoms with Gasteiger partial charge in [0.1, 0.15) is 0 Å². The Labute approximate surface area is 131 Å². The zero-order valence-electron chi connectivity index (χ0n) is 12.5. The number of aliphatic hydroxyl groups excluding tert-OH is 1. The summed E-state index contributed by atoms with van der Waals surface area (Å²) in [6.07, 6.45) is 0.381. The molecule has 116 valence electrons. The number of aliphatic hydroxyl groups is 1. The van der Waals surface area contributed by atoms with E-state index in [0.29, 0.717) is 12.8 Å². The standard InChI is InChI=1S/C18H22N2O2/c19-17(12-15-9-5-2-6-10-15)18(22)20-13-16(21)11-14-7-3-1-4-8-14/h1-10,16-17,21H,11-13,19H2,(H,20,22)/t16?,17-/m0/s1. The van der Waals surface area contributed by atoms with E-state index in [9.17, 15) is 9.90 Å². The number of amides is 1. The maximum atomic E-state index is 12.0. The minimum Gasteiger partial charge on any atom is -0.391 e. The Morgan fingerprint density at radius 2 is 1.45 bits per heavy atom. The molecule has 0 aliphatic rings. The molecule has 0 bridgehead atoms. The Morgan fingerprint density at radius 1 is 0.955 bits per heavy atom. The fraction of sp³-hybridized carbons (Fsp3) is 0.278. The van der Waals surface area contributed by atoms with Crippen molar-refractivity contribution < 1.29 is 9.90 Å². The minimum absolute atomic E-state index is 0.205. The Hall–Kier alpha value is -2.17. The molecule has 2 aromatic carbocycles. The van der Waals surface area contributed by atoms with Crippen molar-refractivity contribution >= 4 is 5.91 Å². The van der Waals surface area contributed by atoms with Crippen molar-refractivity contribution in [2.45, 2.75) is 25.0 Å². The van der Waals surface area contributed by atoms with Crippen LogP contribution in [0.25, 0.3) is 0 Å². The summed E-state index contributed by atoms with van der Waals surface area (Å²) in [6, 6.07) is 18.7. The molecule has 2 rings (SSSR count). The van der Waals surface area contributed by atoms with Gasteiger partial charge < -0.3 is 16.2 Å². The number of hydrogen-bond donors (Lipinski definition) is 3. The predicted octanol–water partition coefficient (Wildman–Crippen LogP) is 1.28. The number of nitrogens with one attached hydrogen (secondary N) is 1. The second kappa shape index (κ2) is 8.32. The Kier molecular flexibility index (Phi) is 6.13. The fourth-order valence-corrected chi connectivity index (χ4v) is 2.27. The van der Waals surface area contributed by atoms with E-state index in [2.05, 4.69) is 5.32 Å². The number of rotatable bonds is 7. The topological polar surface area (TPSA) is 75.4 Å². The maximum Gasteiger partial charge on any atom is 0.237 e. The number of hydrogen-bond acceptors (Lipinski definition) is 3. The van der Waals surface area contributed by atoms with Gasteiger partial charge in [-0.1, -0.05) is 60.7 Å². The third kappa shape index (κ3) is 5.31. The lowest BCUT2D eigenvalue weighted by molar-refractivity contribution is -0.122. The van der Waals surface area contributed by atoms with Gasteiger partial charge in [-0.3, -0.25) is 4.79 Å². The fourth-order valence-electron chi connectivity index (χ4n) is 2.27. The van der Waals surface area contributed by atoms with Crippen LogP contribution in [0.2, 0.25) is 0 Å². The van der Waals surface area contributed by atoms with E-state index in [4.69, 9.17) is 5.73 Å². The van der Waals surface area contributed by atoms with Crippen LogP contribution in [0.4, 0.5) is 0 Å². The van der Waals surface area contributed by atoms with E-state index >= 15 is 0 Å². The molecule has 2 atom stereocenters. The summed E-state index contributed by atoms with van der Waals surface area (Å²) in [7, 11) is 0. The quantitative estimate of drug-likeness (QED) is 0.721. The van der Waals surface area contributed by atoms with Gasteiger partial charge in [0.15, 0.2) is 0 Å². The van der Waals surface area contributed by atoms with Crippen LogP contribution in [0, 0.1) is 0 Å². The van der Waals surface area contributed by atoms with Gasteiger partial charge in [0.05, 0.1) is 12.1 Å². The minimum atomic E-state index is -0.615. The van der Waals surface area contributed by atoms with Crippen molar-refractivity contribution in [3.8, 4) is 0 Å². The molecular formula is C18H22N2O2. The summed E-state index contributed by atoms with van der Waals surface area (Å²) in [4.78, 5) is 12.0. The lowest BCUT2D eigenvalue weighted by atomic mass is 10.1. The molecule has 0 heterocycles. The van der Waals surface area contributed by atoms with Crippen molar-refractivity contribution in [1.82, 2.24) is 5.32 Å². The zero-order chi connectivity index (χ0) is 15.8. The van der Waals surface area contributed by atoms with Gasteiger partial charge in [-0.15, -0.1) is 0 Å². The van der Waals surface area contributed by atoms with E-state index in [-0.39, 0.29) is 12.5 Å². The van der Waals surface area contributed by atoms with Crippen LogP contribution in [-0.4, -0.2) is 29.7 Å². The molecule has 22 heavy (non-hydrogen) atoms. The number of carbonyl (C=O) groups excluding carboxylic acids is 1. The monoisotopic (exact) mass is 298 g/mol. The average Bonchev–Trinajstić information content (AvgIpc) is 2.54. The largest absolute Gasteiger partial charge is 0.391 e. The van der Waals surface area contributed by atoms with Crippen molar-refractivity contribution in [1.29, 1.82) is 0 Å². The van der Waals surface area contributed by atoms with Crippen LogP contribution in [0.3, 0.4) is 0 Å². The highest BCUT2D eigenvalue weighted by atomic mass is 16.3. The lowest BCUT2D eigenvalue weighted by Gasteiger charge is -2.15. The van der Waals surface area contributed by atoms with E-state index < -0.39 is 12.1 Å². The first-order chi connectivity index (χ1) is 10.6. The van der Waals surface area contributed by atoms with Crippen LogP contribution < -0.4 is 11.1 Å². The third-order valence-corrected chi connectivity index (χ3v) is 3.46. The molecule has 4 N–H and O–H groups in total. The predicted molar refractivity (Wildman–Crippen MR) is 87.3 cm³/mol. The Morgan fingerprint density at radius 3 is 2.00 bits per heavy atom. The first-order valence-electron chi connectivity index (χ1n) is 7.44. The molecule has 0 aliphatic carbocycles. The van der Waals surface area contributed by atoms with Crippen molar-refractivity contribution in [3.63, 3.8) is 0 Å². The summed E-state index contributed by atoms with van der Waals surface area (Å²) in [5.41, 5.74) is 7.96. The van der Waals surface area contributed by atoms with E-state index in [1.54, 1.807) is 0 Å². The maximum absolute atomic E-state index is 12.0. The molecular weight excluding hydrogens is 276 g/mol. The van der Waals surface area contributed by atoms with Gasteiger partial charge in [-0.05, 0) is 17.5 Å². The summed E-state index contributed by atoms with van der Waals surface area (Å²) in [5, 5.41) is 12.7. The number of carbonyl (C=O) groups is 1. The third-order valence-electron chi connectivity index (χ3n) is 3.46. The number of nitrogens with two attached hydrogens (primary N) is 1. The number of benzene rings is 2.